The molecular formula is C14H19ClFN5O5S2. The molecule has 2 aromatic rings. The fraction of sp³-hybridized carbons (Fsp3) is 0.500. The molecule has 10 nitrogen and oxygen atoms in total. The maximum atomic E-state index is 14.5. The van der Waals surface area contributed by atoms with Crippen LogP contribution >= 0.6 is 11.6 Å². The van der Waals surface area contributed by atoms with Crippen LogP contribution in [0.25, 0.3) is 5.69 Å². The van der Waals surface area contributed by atoms with Gasteiger partial charge in [0, 0.05) is 6.54 Å². The molecular weight excluding hydrogens is 437 g/mol. The van der Waals surface area contributed by atoms with Gasteiger partial charge in [-0.25, -0.2) is 26.0 Å². The quantitative estimate of drug-likeness (QED) is 0.584. The molecule has 0 amide bonds. The second kappa shape index (κ2) is 8.17. The highest BCUT2D eigenvalue weighted by Gasteiger charge is 2.34. The number of sulfonamides is 2. The summed E-state index contributed by atoms with van der Waals surface area (Å²) in [5.41, 5.74) is -1.75. The molecule has 14 heteroatoms. The number of halogens is 2. The summed E-state index contributed by atoms with van der Waals surface area (Å²) < 4.78 is 66.0. The van der Waals surface area contributed by atoms with E-state index < -0.39 is 59.5 Å². The van der Waals surface area contributed by atoms with Gasteiger partial charge in [-0.3, -0.25) is 0 Å². The molecule has 0 saturated heterocycles. The molecule has 0 radical (unpaired) electrons. The third kappa shape index (κ3) is 4.05. The van der Waals surface area contributed by atoms with E-state index in [2.05, 4.69) is 10.4 Å². The second-order valence-electron chi connectivity index (χ2n) is 5.65. The maximum Gasteiger partial charge on any atom is 0.368 e. The summed E-state index contributed by atoms with van der Waals surface area (Å²) in [5, 5.41) is 6.74. The standard InChI is InChI=1S/C14H19ClFN5O5S2/c1-4-7-19-14(22)20(18-17-19)13-9-12(10(15)8-11(13)16)21(27(23,24)5-2)28(25,26)6-3/h8-9H,4-7H2,1-3H3. The summed E-state index contributed by atoms with van der Waals surface area (Å²) in [7, 11) is -8.64. The lowest BCUT2D eigenvalue weighted by Gasteiger charge is -2.24. The van der Waals surface area contributed by atoms with E-state index in [0.29, 0.717) is 11.1 Å². The average Bonchev–Trinajstić information content (AvgIpc) is 2.98. The number of hydrogen-bond donors (Lipinski definition) is 0. The molecule has 0 aliphatic carbocycles. The number of benzene rings is 1. The van der Waals surface area contributed by atoms with Gasteiger partial charge >= 0.3 is 5.69 Å². The number of rotatable bonds is 8. The molecule has 0 N–H and O–H groups in total. The number of hydrogen-bond acceptors (Lipinski definition) is 7. The Bertz CT molecular complexity index is 1110. The minimum Gasteiger partial charge on any atom is -0.244 e. The first-order chi connectivity index (χ1) is 13.0. The molecule has 1 aromatic heterocycles. The Morgan fingerprint density at radius 3 is 2.14 bits per heavy atom. The van der Waals surface area contributed by atoms with Crippen LogP contribution in [0.2, 0.25) is 5.02 Å². The predicted molar refractivity (Wildman–Crippen MR) is 102 cm³/mol. The van der Waals surface area contributed by atoms with E-state index in [9.17, 15) is 26.0 Å². The van der Waals surface area contributed by atoms with Crippen molar-refractivity contribution >= 4 is 37.3 Å². The van der Waals surface area contributed by atoms with Crippen molar-refractivity contribution in [3.05, 3.63) is 33.5 Å². The van der Waals surface area contributed by atoms with E-state index in [1.54, 1.807) is 6.92 Å². The lowest BCUT2D eigenvalue weighted by Crippen LogP contribution is -2.39. The number of tetrazole rings is 1. The Kier molecular flexibility index (Phi) is 6.51. The van der Waals surface area contributed by atoms with Crippen molar-refractivity contribution in [2.45, 2.75) is 33.7 Å². The van der Waals surface area contributed by atoms with Crippen LogP contribution < -0.4 is 9.40 Å². The lowest BCUT2D eigenvalue weighted by atomic mass is 10.2. The molecule has 0 aliphatic heterocycles. The van der Waals surface area contributed by atoms with Crippen LogP contribution in [0, 0.1) is 5.82 Å². The van der Waals surface area contributed by atoms with Crippen molar-refractivity contribution in [2.75, 3.05) is 15.2 Å². The van der Waals surface area contributed by atoms with E-state index >= 15 is 0 Å². The molecule has 0 bridgehead atoms. The summed E-state index contributed by atoms with van der Waals surface area (Å²) in [5.74, 6) is -2.08. The van der Waals surface area contributed by atoms with Crippen LogP contribution in [0.5, 0.6) is 0 Å². The minimum absolute atomic E-state index is 0.159. The Labute approximate surface area is 166 Å². The van der Waals surface area contributed by atoms with Gasteiger partial charge < -0.3 is 0 Å². The SMILES string of the molecule is CCCn1nnn(-c2cc(N(S(=O)(=O)CC)S(=O)(=O)CC)c(Cl)cc2F)c1=O. The van der Waals surface area contributed by atoms with E-state index in [0.717, 1.165) is 16.8 Å². The predicted octanol–water partition coefficient (Wildman–Crippen LogP) is 1.14. The third-order valence-electron chi connectivity index (χ3n) is 3.75. The smallest absolute Gasteiger partial charge is 0.244 e. The van der Waals surface area contributed by atoms with Gasteiger partial charge in [0.15, 0.2) is 5.82 Å². The Balaban J connectivity index is 2.80. The molecule has 0 spiro atoms. The van der Waals surface area contributed by atoms with Gasteiger partial charge in [-0.2, -0.15) is 13.1 Å². The first-order valence-electron chi connectivity index (χ1n) is 8.28. The Hall–Kier alpha value is -1.99. The molecule has 156 valence electrons. The first kappa shape index (κ1) is 22.3. The van der Waals surface area contributed by atoms with E-state index in [-0.39, 0.29) is 10.3 Å². The minimum atomic E-state index is -4.32. The molecule has 0 atom stereocenters. The highest BCUT2D eigenvalue weighted by molar-refractivity contribution is 8.10. The molecule has 0 aliphatic rings. The van der Waals surface area contributed by atoms with Gasteiger partial charge in [0.1, 0.15) is 5.69 Å². The number of aryl methyl sites for hydroxylation is 1. The van der Waals surface area contributed by atoms with Gasteiger partial charge in [0.05, 0.1) is 22.2 Å². The first-order valence-corrected chi connectivity index (χ1v) is 11.9. The molecule has 0 saturated carbocycles. The summed E-state index contributed by atoms with van der Waals surface area (Å²) in [6.07, 6.45) is 0.574. The second-order valence-corrected chi connectivity index (χ2v) is 10.5. The zero-order chi connectivity index (χ0) is 21.3. The monoisotopic (exact) mass is 455 g/mol. The zero-order valence-electron chi connectivity index (χ0n) is 15.3. The Morgan fingerprint density at radius 2 is 1.64 bits per heavy atom. The molecule has 1 heterocycles. The van der Waals surface area contributed by atoms with Crippen LogP contribution in [0.1, 0.15) is 27.2 Å². The summed E-state index contributed by atoms with van der Waals surface area (Å²) in [6, 6.07) is 1.57. The van der Waals surface area contributed by atoms with E-state index in [1.807, 2.05) is 0 Å². The fourth-order valence-electron chi connectivity index (χ4n) is 2.31. The van der Waals surface area contributed by atoms with Crippen molar-refractivity contribution < 1.29 is 21.2 Å². The lowest BCUT2D eigenvalue weighted by molar-refractivity contribution is 0.564. The number of nitrogens with zero attached hydrogens (tertiary/aromatic N) is 5. The third-order valence-corrected chi connectivity index (χ3v) is 8.28. The fourth-order valence-corrected chi connectivity index (χ4v) is 6.04. The van der Waals surface area contributed by atoms with E-state index in [4.69, 9.17) is 11.6 Å². The van der Waals surface area contributed by atoms with Crippen LogP contribution in [-0.4, -0.2) is 48.1 Å². The van der Waals surface area contributed by atoms with Crippen LogP contribution in [0.15, 0.2) is 16.9 Å². The molecule has 1 aromatic carbocycles. The average molecular weight is 456 g/mol. The molecule has 28 heavy (non-hydrogen) atoms. The van der Waals surface area contributed by atoms with Crippen molar-refractivity contribution in [1.29, 1.82) is 0 Å². The molecule has 0 unspecified atom stereocenters. The maximum absolute atomic E-state index is 14.5. The summed E-state index contributed by atoms with van der Waals surface area (Å²) in [4.78, 5) is 12.3. The highest BCUT2D eigenvalue weighted by Crippen LogP contribution is 2.34. The van der Waals surface area contributed by atoms with E-state index in [1.165, 1.54) is 13.8 Å². The highest BCUT2D eigenvalue weighted by atomic mass is 35.5. The van der Waals surface area contributed by atoms with Crippen molar-refractivity contribution in [3.63, 3.8) is 0 Å². The topological polar surface area (TPSA) is 124 Å². The molecule has 0 fully saturated rings. The van der Waals surface area contributed by atoms with Crippen molar-refractivity contribution in [1.82, 2.24) is 19.8 Å². The normalized spacial score (nSPS) is 12.3. The van der Waals surface area contributed by atoms with Gasteiger partial charge in [0.25, 0.3) is 0 Å². The Morgan fingerprint density at radius 1 is 1.07 bits per heavy atom. The van der Waals surface area contributed by atoms with Gasteiger partial charge in [0.2, 0.25) is 20.0 Å². The van der Waals surface area contributed by atoms with Gasteiger partial charge in [-0.15, -0.1) is 0 Å². The van der Waals surface area contributed by atoms with Gasteiger partial charge in [-0.1, -0.05) is 18.5 Å². The van der Waals surface area contributed by atoms with Crippen LogP contribution in [-0.2, 0) is 26.6 Å². The van der Waals surface area contributed by atoms with Gasteiger partial charge in [-0.05, 0) is 42.8 Å². The number of aromatic nitrogens is 4. The van der Waals surface area contributed by atoms with Crippen LogP contribution in [0.4, 0.5) is 10.1 Å². The van der Waals surface area contributed by atoms with Crippen molar-refractivity contribution in [2.24, 2.45) is 0 Å². The summed E-state index contributed by atoms with van der Waals surface area (Å²) >= 11 is 5.97. The summed E-state index contributed by atoms with van der Waals surface area (Å²) in [6.45, 7) is 4.55. The van der Waals surface area contributed by atoms with Crippen LogP contribution in [0.3, 0.4) is 0 Å². The number of anilines is 1. The largest absolute Gasteiger partial charge is 0.368 e. The van der Waals surface area contributed by atoms with Crippen molar-refractivity contribution in [3.8, 4) is 5.69 Å². The zero-order valence-corrected chi connectivity index (χ0v) is 17.7. The molecule has 2 rings (SSSR count).